The Bertz CT molecular complexity index is 304. The van der Waals surface area contributed by atoms with Gasteiger partial charge in [0.2, 0.25) is 0 Å². The molecule has 1 heterocycles. The first-order valence-corrected chi connectivity index (χ1v) is 5.12. The van der Waals surface area contributed by atoms with Crippen LogP contribution in [0.15, 0.2) is 24.3 Å². The van der Waals surface area contributed by atoms with E-state index in [0.29, 0.717) is 24.5 Å². The lowest BCUT2D eigenvalue weighted by Gasteiger charge is -2.16. The van der Waals surface area contributed by atoms with Gasteiger partial charge in [-0.15, -0.1) is 0 Å². The van der Waals surface area contributed by atoms with Gasteiger partial charge in [0.05, 0.1) is 0 Å². The summed E-state index contributed by atoms with van der Waals surface area (Å²) in [4.78, 5) is 0. The first-order chi connectivity index (χ1) is 7.31. The predicted octanol–water partition coefficient (Wildman–Crippen LogP) is 0.884. The van der Waals surface area contributed by atoms with Gasteiger partial charge in [0.25, 0.3) is 6.29 Å². The van der Waals surface area contributed by atoms with Crippen molar-refractivity contribution in [3.05, 3.63) is 24.3 Å². The van der Waals surface area contributed by atoms with Crippen LogP contribution in [0.1, 0.15) is 12.8 Å². The third-order valence-electron chi connectivity index (χ3n) is 2.35. The third kappa shape index (κ3) is 2.22. The molecular weight excluding hydrogens is 194 g/mol. The van der Waals surface area contributed by atoms with E-state index >= 15 is 0 Å². The number of aliphatic hydroxyl groups excluding tert-OH is 1. The van der Waals surface area contributed by atoms with Crippen molar-refractivity contribution in [1.29, 1.82) is 0 Å². The van der Waals surface area contributed by atoms with Crippen LogP contribution in [-0.2, 0) is 0 Å². The summed E-state index contributed by atoms with van der Waals surface area (Å²) in [6.45, 7) is 0.566. The van der Waals surface area contributed by atoms with E-state index < -0.39 is 12.4 Å². The van der Waals surface area contributed by atoms with Crippen LogP contribution >= 0.6 is 0 Å². The van der Waals surface area contributed by atoms with Crippen molar-refractivity contribution in [2.45, 2.75) is 25.2 Å². The molecule has 0 saturated carbocycles. The van der Waals surface area contributed by atoms with Crippen molar-refractivity contribution in [1.82, 2.24) is 0 Å². The van der Waals surface area contributed by atoms with Gasteiger partial charge >= 0.3 is 0 Å². The molecule has 0 spiro atoms. The molecule has 0 saturated heterocycles. The van der Waals surface area contributed by atoms with Gasteiger partial charge in [-0.05, 0) is 31.5 Å². The highest BCUT2D eigenvalue weighted by Crippen LogP contribution is 2.35. The van der Waals surface area contributed by atoms with Crippen LogP contribution in [0.25, 0.3) is 0 Å². The number of benzene rings is 1. The minimum absolute atomic E-state index is 0.566. The summed E-state index contributed by atoms with van der Waals surface area (Å²) in [5.74, 6) is 1.38. The van der Waals surface area contributed by atoms with Gasteiger partial charge in [-0.2, -0.15) is 0 Å². The van der Waals surface area contributed by atoms with Crippen LogP contribution in [0.4, 0.5) is 0 Å². The molecule has 15 heavy (non-hydrogen) atoms. The second kappa shape index (κ2) is 4.51. The molecule has 4 heteroatoms. The highest BCUT2D eigenvalue weighted by atomic mass is 16.7. The van der Waals surface area contributed by atoms with Crippen molar-refractivity contribution >= 4 is 0 Å². The lowest BCUT2D eigenvalue weighted by atomic mass is 10.2. The Labute approximate surface area is 88.6 Å². The fourth-order valence-corrected chi connectivity index (χ4v) is 1.54. The molecule has 0 amide bonds. The molecule has 0 bridgehead atoms. The number of ether oxygens (including phenoxy) is 2. The Kier molecular flexibility index (Phi) is 3.08. The Morgan fingerprint density at radius 3 is 2.40 bits per heavy atom. The molecule has 0 radical (unpaired) electrons. The smallest absolute Gasteiger partial charge is 0.267 e. The highest BCUT2D eigenvalue weighted by Gasteiger charge is 2.29. The first kappa shape index (κ1) is 10.3. The van der Waals surface area contributed by atoms with Crippen molar-refractivity contribution in [2.24, 2.45) is 5.73 Å². The zero-order chi connectivity index (χ0) is 10.7. The lowest BCUT2D eigenvalue weighted by molar-refractivity contribution is -0.0620. The predicted molar refractivity (Wildman–Crippen MR) is 55.8 cm³/mol. The van der Waals surface area contributed by atoms with E-state index in [1.807, 2.05) is 24.3 Å². The number of fused-ring (bicyclic) bond motifs is 1. The molecule has 1 unspecified atom stereocenters. The van der Waals surface area contributed by atoms with Crippen LogP contribution in [0.5, 0.6) is 11.5 Å². The van der Waals surface area contributed by atoms with Crippen molar-refractivity contribution in [3.8, 4) is 11.5 Å². The molecule has 1 aromatic rings. The van der Waals surface area contributed by atoms with Crippen LogP contribution in [-0.4, -0.2) is 24.0 Å². The summed E-state index contributed by atoms with van der Waals surface area (Å²) in [7, 11) is 0. The van der Waals surface area contributed by atoms with E-state index in [0.717, 1.165) is 6.42 Å². The van der Waals surface area contributed by atoms with E-state index in [9.17, 15) is 5.11 Å². The maximum atomic E-state index is 9.75. The molecule has 4 nitrogen and oxygen atoms in total. The minimum Gasteiger partial charge on any atom is -0.448 e. The largest absolute Gasteiger partial charge is 0.448 e. The average Bonchev–Trinajstić information content (AvgIpc) is 2.69. The summed E-state index contributed by atoms with van der Waals surface area (Å²) in [5.41, 5.74) is 5.37. The quantitative estimate of drug-likeness (QED) is 0.772. The maximum absolute atomic E-state index is 9.75. The van der Waals surface area contributed by atoms with Gasteiger partial charge in [0, 0.05) is 0 Å². The molecule has 1 atom stereocenters. The lowest BCUT2D eigenvalue weighted by Crippen LogP contribution is -2.33. The average molecular weight is 209 g/mol. The third-order valence-corrected chi connectivity index (χ3v) is 2.35. The fourth-order valence-electron chi connectivity index (χ4n) is 1.54. The molecule has 1 aliphatic heterocycles. The number of hydrogen-bond donors (Lipinski definition) is 2. The van der Waals surface area contributed by atoms with Crippen LogP contribution in [0.3, 0.4) is 0 Å². The SMILES string of the molecule is NCCCC(O)C1Oc2ccccc2O1. The number of nitrogens with two attached hydrogens (primary N) is 1. The molecule has 0 fully saturated rings. The van der Waals surface area contributed by atoms with E-state index in [1.54, 1.807) is 0 Å². The molecule has 0 aromatic heterocycles. The van der Waals surface area contributed by atoms with E-state index in [2.05, 4.69) is 0 Å². The van der Waals surface area contributed by atoms with Crippen LogP contribution < -0.4 is 15.2 Å². The van der Waals surface area contributed by atoms with Gasteiger partial charge in [-0.1, -0.05) is 12.1 Å². The summed E-state index contributed by atoms with van der Waals surface area (Å²) < 4.78 is 10.9. The maximum Gasteiger partial charge on any atom is 0.267 e. The molecule has 0 aliphatic carbocycles. The topological polar surface area (TPSA) is 64.7 Å². The van der Waals surface area contributed by atoms with Gasteiger partial charge in [-0.3, -0.25) is 0 Å². The summed E-state index contributed by atoms with van der Waals surface area (Å²) in [5, 5.41) is 9.75. The summed E-state index contributed by atoms with van der Waals surface area (Å²) in [6.07, 6.45) is 0.144. The summed E-state index contributed by atoms with van der Waals surface area (Å²) in [6, 6.07) is 7.39. The molecular formula is C11H15NO3. The molecule has 2 rings (SSSR count). The second-order valence-electron chi connectivity index (χ2n) is 3.55. The van der Waals surface area contributed by atoms with E-state index in [1.165, 1.54) is 0 Å². The van der Waals surface area contributed by atoms with Crippen LogP contribution in [0, 0.1) is 0 Å². The van der Waals surface area contributed by atoms with Gasteiger partial charge in [-0.25, -0.2) is 0 Å². The Morgan fingerprint density at radius 2 is 1.87 bits per heavy atom. The normalized spacial score (nSPS) is 16.7. The molecule has 3 N–H and O–H groups in total. The monoisotopic (exact) mass is 209 g/mol. The zero-order valence-electron chi connectivity index (χ0n) is 8.43. The molecule has 1 aromatic carbocycles. The fraction of sp³-hybridized carbons (Fsp3) is 0.455. The van der Waals surface area contributed by atoms with Crippen molar-refractivity contribution < 1.29 is 14.6 Å². The van der Waals surface area contributed by atoms with Crippen LogP contribution in [0.2, 0.25) is 0 Å². The Hall–Kier alpha value is -1.26. The highest BCUT2D eigenvalue weighted by molar-refractivity contribution is 5.41. The molecule has 82 valence electrons. The number of para-hydroxylation sites is 2. The standard InChI is InChI=1S/C11H15NO3/c12-7-3-4-8(13)11-14-9-5-1-2-6-10(9)15-11/h1-2,5-6,8,11,13H,3-4,7,12H2. The molecule has 1 aliphatic rings. The Morgan fingerprint density at radius 1 is 1.27 bits per heavy atom. The zero-order valence-corrected chi connectivity index (χ0v) is 8.43. The number of aliphatic hydroxyl groups is 1. The van der Waals surface area contributed by atoms with Crippen molar-refractivity contribution in [3.63, 3.8) is 0 Å². The first-order valence-electron chi connectivity index (χ1n) is 5.12. The minimum atomic E-state index is -0.624. The Balaban J connectivity index is 1.94. The number of rotatable bonds is 4. The van der Waals surface area contributed by atoms with Gasteiger partial charge < -0.3 is 20.3 Å². The van der Waals surface area contributed by atoms with Gasteiger partial charge in [0.15, 0.2) is 11.5 Å². The summed E-state index contributed by atoms with van der Waals surface area (Å²) >= 11 is 0. The van der Waals surface area contributed by atoms with Gasteiger partial charge in [0.1, 0.15) is 6.10 Å². The number of hydrogen-bond acceptors (Lipinski definition) is 4. The van der Waals surface area contributed by atoms with E-state index in [4.69, 9.17) is 15.2 Å². The van der Waals surface area contributed by atoms with Crippen molar-refractivity contribution in [2.75, 3.05) is 6.54 Å². The van der Waals surface area contributed by atoms with E-state index in [-0.39, 0.29) is 0 Å². The second-order valence-corrected chi connectivity index (χ2v) is 3.55.